The van der Waals surface area contributed by atoms with Crippen molar-refractivity contribution in [1.82, 2.24) is 14.5 Å². The van der Waals surface area contributed by atoms with E-state index >= 15 is 0 Å². The lowest BCUT2D eigenvalue weighted by Gasteiger charge is -2.14. The second kappa shape index (κ2) is 4.77. The number of nitrogens with one attached hydrogen (secondary N) is 1. The molecular weight excluding hydrogens is 276 g/mol. The molecule has 0 aliphatic rings. The van der Waals surface area contributed by atoms with Gasteiger partial charge in [-0.15, -0.1) is 0 Å². The molecule has 0 radical (unpaired) electrons. The van der Waals surface area contributed by atoms with Crippen LogP contribution in [0.4, 0.5) is 0 Å². The molecule has 6 heteroatoms. The number of nitrogens with zero attached hydrogens (tertiary/aromatic N) is 2. The van der Waals surface area contributed by atoms with E-state index in [9.17, 15) is 4.79 Å². The molecular formula is C14H13ClN4O. The number of hydrogen-bond donors (Lipinski definition) is 2. The molecule has 0 saturated heterocycles. The van der Waals surface area contributed by atoms with Crippen molar-refractivity contribution in [3.8, 4) is 5.82 Å². The number of aromatic amines is 1. The molecule has 0 unspecified atom stereocenters. The Kier molecular flexibility index (Phi) is 3.08. The van der Waals surface area contributed by atoms with Crippen molar-refractivity contribution in [2.24, 2.45) is 5.73 Å². The van der Waals surface area contributed by atoms with Crippen LogP contribution in [0, 0.1) is 0 Å². The fraction of sp³-hybridized carbons (Fsp3) is 0.143. The summed E-state index contributed by atoms with van der Waals surface area (Å²) in [5, 5.41) is 0.782. The van der Waals surface area contributed by atoms with E-state index in [4.69, 9.17) is 17.3 Å². The van der Waals surface area contributed by atoms with Gasteiger partial charge in [-0.2, -0.15) is 0 Å². The predicted octanol–water partition coefficient (Wildman–Crippen LogP) is 2.39. The Hall–Kier alpha value is -2.11. The van der Waals surface area contributed by atoms with Gasteiger partial charge in [0.15, 0.2) is 0 Å². The third kappa shape index (κ3) is 1.92. The zero-order chi connectivity index (χ0) is 14.3. The molecule has 1 atom stereocenters. The molecule has 3 aromatic rings. The molecule has 20 heavy (non-hydrogen) atoms. The number of aromatic nitrogens is 3. The molecule has 0 aliphatic carbocycles. The maximum absolute atomic E-state index is 12.7. The van der Waals surface area contributed by atoms with E-state index in [1.165, 1.54) is 4.57 Å². The van der Waals surface area contributed by atoms with Crippen LogP contribution in [0.25, 0.3) is 16.7 Å². The van der Waals surface area contributed by atoms with Gasteiger partial charge in [-0.3, -0.25) is 4.79 Å². The third-order valence-corrected chi connectivity index (χ3v) is 3.42. The topological polar surface area (TPSA) is 76.7 Å². The lowest BCUT2D eigenvalue weighted by Crippen LogP contribution is -2.27. The number of benzene rings is 1. The summed E-state index contributed by atoms with van der Waals surface area (Å²) in [5.74, 6) is 1.11. The maximum Gasteiger partial charge on any atom is 0.268 e. The average molecular weight is 289 g/mol. The van der Waals surface area contributed by atoms with E-state index in [-0.39, 0.29) is 11.6 Å². The van der Waals surface area contributed by atoms with Crippen molar-refractivity contribution in [3.05, 3.63) is 57.7 Å². The Morgan fingerprint density at radius 1 is 1.35 bits per heavy atom. The first kappa shape index (κ1) is 12.9. The van der Waals surface area contributed by atoms with Crippen LogP contribution in [0.3, 0.4) is 0 Å². The first-order valence-corrected chi connectivity index (χ1v) is 6.58. The average Bonchev–Trinajstić information content (AvgIpc) is 2.91. The predicted molar refractivity (Wildman–Crippen MR) is 79.3 cm³/mol. The lowest BCUT2D eigenvalue weighted by molar-refractivity contribution is 0.690. The van der Waals surface area contributed by atoms with Gasteiger partial charge in [0.1, 0.15) is 11.6 Å². The van der Waals surface area contributed by atoms with Crippen molar-refractivity contribution < 1.29 is 0 Å². The highest BCUT2D eigenvalue weighted by atomic mass is 35.5. The normalized spacial score (nSPS) is 12.8. The molecule has 2 aromatic heterocycles. The smallest absolute Gasteiger partial charge is 0.268 e. The third-order valence-electron chi connectivity index (χ3n) is 3.10. The van der Waals surface area contributed by atoms with E-state index in [0.29, 0.717) is 27.6 Å². The number of halogens is 1. The monoisotopic (exact) mass is 288 g/mol. The minimum atomic E-state index is -0.380. The second-order valence-corrected chi connectivity index (χ2v) is 5.00. The highest BCUT2D eigenvalue weighted by Crippen LogP contribution is 2.21. The summed E-state index contributed by atoms with van der Waals surface area (Å²) in [7, 11) is 0. The molecule has 0 amide bonds. The maximum atomic E-state index is 12.7. The molecule has 0 spiro atoms. The van der Waals surface area contributed by atoms with Crippen LogP contribution in [-0.4, -0.2) is 14.5 Å². The lowest BCUT2D eigenvalue weighted by atomic mass is 10.2. The molecule has 2 heterocycles. The number of rotatable bonds is 2. The standard InChI is InChI=1S/C14H13ClN4O/c1-8(16)13-18-10-5-2-4-9(15)12(10)14(20)19(13)11-6-3-7-17-11/h2-8,17H,16H2,1H3/t8-/m0/s1. The Balaban J connectivity index is 2.48. The van der Waals surface area contributed by atoms with Crippen LogP contribution in [0.2, 0.25) is 5.02 Å². The van der Waals surface area contributed by atoms with E-state index in [0.717, 1.165) is 0 Å². The number of fused-ring (bicyclic) bond motifs is 1. The van der Waals surface area contributed by atoms with E-state index in [2.05, 4.69) is 9.97 Å². The van der Waals surface area contributed by atoms with Crippen molar-refractivity contribution in [2.75, 3.05) is 0 Å². The fourth-order valence-corrected chi connectivity index (χ4v) is 2.46. The highest BCUT2D eigenvalue weighted by Gasteiger charge is 2.17. The minimum absolute atomic E-state index is 0.227. The van der Waals surface area contributed by atoms with Gasteiger partial charge in [0.2, 0.25) is 0 Å². The van der Waals surface area contributed by atoms with E-state index in [1.54, 1.807) is 37.4 Å². The summed E-state index contributed by atoms with van der Waals surface area (Å²) < 4.78 is 1.47. The van der Waals surface area contributed by atoms with Gasteiger partial charge in [-0.25, -0.2) is 9.55 Å². The fourth-order valence-electron chi connectivity index (χ4n) is 2.21. The Bertz CT molecular complexity index is 821. The van der Waals surface area contributed by atoms with Gasteiger partial charge < -0.3 is 10.7 Å². The Morgan fingerprint density at radius 3 is 2.80 bits per heavy atom. The summed E-state index contributed by atoms with van der Waals surface area (Å²) in [5.41, 5.74) is 6.28. The van der Waals surface area contributed by atoms with Crippen LogP contribution in [0.1, 0.15) is 18.8 Å². The van der Waals surface area contributed by atoms with E-state index < -0.39 is 0 Å². The molecule has 0 bridgehead atoms. The van der Waals surface area contributed by atoms with Gasteiger partial charge in [-0.05, 0) is 31.2 Å². The zero-order valence-electron chi connectivity index (χ0n) is 10.8. The Morgan fingerprint density at radius 2 is 2.15 bits per heavy atom. The van der Waals surface area contributed by atoms with Crippen LogP contribution >= 0.6 is 11.6 Å². The molecule has 3 rings (SSSR count). The van der Waals surface area contributed by atoms with E-state index in [1.807, 2.05) is 6.07 Å². The zero-order valence-corrected chi connectivity index (χ0v) is 11.6. The van der Waals surface area contributed by atoms with Crippen molar-refractivity contribution in [3.63, 3.8) is 0 Å². The van der Waals surface area contributed by atoms with Gasteiger partial charge in [0.25, 0.3) is 5.56 Å². The molecule has 0 fully saturated rings. The summed E-state index contributed by atoms with van der Waals surface area (Å²) in [6.45, 7) is 1.79. The number of nitrogens with two attached hydrogens (primary N) is 1. The van der Waals surface area contributed by atoms with Crippen molar-refractivity contribution in [1.29, 1.82) is 0 Å². The number of hydrogen-bond acceptors (Lipinski definition) is 3. The molecule has 0 saturated carbocycles. The van der Waals surface area contributed by atoms with Gasteiger partial charge >= 0.3 is 0 Å². The summed E-state index contributed by atoms with van der Waals surface area (Å²) in [4.78, 5) is 20.2. The second-order valence-electron chi connectivity index (χ2n) is 4.59. The Labute approximate surface area is 120 Å². The molecule has 102 valence electrons. The highest BCUT2D eigenvalue weighted by molar-refractivity contribution is 6.35. The number of H-pyrrole nitrogens is 1. The largest absolute Gasteiger partial charge is 0.348 e. The van der Waals surface area contributed by atoms with Gasteiger partial charge in [0, 0.05) is 6.20 Å². The van der Waals surface area contributed by atoms with Crippen LogP contribution < -0.4 is 11.3 Å². The van der Waals surface area contributed by atoms with Gasteiger partial charge in [0.05, 0.1) is 22.0 Å². The SMILES string of the molecule is C[C@H](N)c1nc2cccc(Cl)c2c(=O)n1-c1ccc[nH]1. The van der Waals surface area contributed by atoms with Crippen molar-refractivity contribution >= 4 is 22.5 Å². The summed E-state index contributed by atoms with van der Waals surface area (Å²) in [6.07, 6.45) is 1.74. The summed E-state index contributed by atoms with van der Waals surface area (Å²) >= 11 is 6.13. The first-order valence-electron chi connectivity index (χ1n) is 6.20. The molecule has 0 aliphatic heterocycles. The van der Waals surface area contributed by atoms with Crippen LogP contribution in [0.5, 0.6) is 0 Å². The quantitative estimate of drug-likeness (QED) is 0.760. The summed E-state index contributed by atoms with van der Waals surface area (Å²) in [6, 6.07) is 8.42. The molecule has 3 N–H and O–H groups in total. The molecule has 1 aromatic carbocycles. The van der Waals surface area contributed by atoms with Gasteiger partial charge in [-0.1, -0.05) is 17.7 Å². The minimum Gasteiger partial charge on any atom is -0.348 e. The van der Waals surface area contributed by atoms with Crippen LogP contribution in [-0.2, 0) is 0 Å². The first-order chi connectivity index (χ1) is 9.59. The van der Waals surface area contributed by atoms with Crippen molar-refractivity contribution in [2.45, 2.75) is 13.0 Å². The molecule has 5 nitrogen and oxygen atoms in total. The van der Waals surface area contributed by atoms with Crippen LogP contribution in [0.15, 0.2) is 41.3 Å².